The second-order valence-corrected chi connectivity index (χ2v) is 4.59. The number of rotatable bonds is 4. The van der Waals surface area contributed by atoms with Crippen LogP contribution < -0.4 is 11.1 Å². The highest BCUT2D eigenvalue weighted by Gasteiger charge is 2.25. The van der Waals surface area contributed by atoms with E-state index in [2.05, 4.69) is 10.5 Å². The summed E-state index contributed by atoms with van der Waals surface area (Å²) >= 11 is 0. The molecule has 106 valence electrons. The van der Waals surface area contributed by atoms with Crippen molar-refractivity contribution in [1.82, 2.24) is 10.5 Å². The second kappa shape index (κ2) is 5.38. The van der Waals surface area contributed by atoms with Gasteiger partial charge < -0.3 is 24.7 Å². The van der Waals surface area contributed by atoms with Crippen LogP contribution >= 0.6 is 0 Å². The predicted molar refractivity (Wildman–Crippen MR) is 69.9 cm³/mol. The van der Waals surface area contributed by atoms with Crippen LogP contribution in [0.25, 0.3) is 11.5 Å². The number of carbonyl (C=O) groups is 1. The Morgan fingerprint density at radius 3 is 3.15 bits per heavy atom. The third kappa shape index (κ3) is 2.39. The van der Waals surface area contributed by atoms with Crippen molar-refractivity contribution in [2.75, 3.05) is 18.9 Å². The summed E-state index contributed by atoms with van der Waals surface area (Å²) in [6, 6.07) is 3.39. The zero-order valence-corrected chi connectivity index (χ0v) is 10.8. The van der Waals surface area contributed by atoms with Gasteiger partial charge in [-0.3, -0.25) is 4.79 Å². The lowest BCUT2D eigenvalue weighted by Crippen LogP contribution is -2.32. The Balaban J connectivity index is 1.75. The quantitative estimate of drug-likeness (QED) is 0.876. The average Bonchev–Trinajstić information content (AvgIpc) is 3.17. The summed E-state index contributed by atoms with van der Waals surface area (Å²) in [5.41, 5.74) is 6.16. The van der Waals surface area contributed by atoms with Gasteiger partial charge in [0.2, 0.25) is 5.88 Å². The number of nitrogens with zero attached hydrogens (tertiary/aromatic N) is 1. The van der Waals surface area contributed by atoms with Gasteiger partial charge in [-0.05, 0) is 25.0 Å². The molecule has 1 unspecified atom stereocenters. The van der Waals surface area contributed by atoms with Gasteiger partial charge in [-0.1, -0.05) is 5.16 Å². The highest BCUT2D eigenvalue weighted by molar-refractivity contribution is 6.03. The Kier molecular flexibility index (Phi) is 3.42. The summed E-state index contributed by atoms with van der Waals surface area (Å²) < 4.78 is 15.6. The summed E-state index contributed by atoms with van der Waals surface area (Å²) in [6.45, 7) is 1.19. The van der Waals surface area contributed by atoms with Crippen molar-refractivity contribution in [2.45, 2.75) is 18.9 Å². The van der Waals surface area contributed by atoms with Gasteiger partial charge in [0.05, 0.1) is 12.4 Å². The number of hydrogen-bond acceptors (Lipinski definition) is 6. The molecule has 7 heteroatoms. The molecule has 3 rings (SSSR count). The number of anilines is 1. The molecule has 1 fully saturated rings. The largest absolute Gasteiger partial charge is 0.463 e. The van der Waals surface area contributed by atoms with Crippen molar-refractivity contribution in [1.29, 1.82) is 0 Å². The molecule has 2 aromatic heterocycles. The van der Waals surface area contributed by atoms with Gasteiger partial charge in [-0.15, -0.1) is 0 Å². The second-order valence-electron chi connectivity index (χ2n) is 4.59. The van der Waals surface area contributed by atoms with E-state index in [0.717, 1.165) is 19.4 Å². The van der Waals surface area contributed by atoms with Crippen LogP contribution in [-0.4, -0.2) is 30.3 Å². The molecule has 0 aliphatic carbocycles. The molecular weight excluding hydrogens is 262 g/mol. The zero-order chi connectivity index (χ0) is 13.9. The van der Waals surface area contributed by atoms with Crippen molar-refractivity contribution in [3.63, 3.8) is 0 Å². The maximum Gasteiger partial charge on any atom is 0.259 e. The van der Waals surface area contributed by atoms with Crippen molar-refractivity contribution >= 4 is 11.8 Å². The first-order valence-corrected chi connectivity index (χ1v) is 6.44. The Labute approximate surface area is 115 Å². The lowest BCUT2D eigenvalue weighted by Gasteiger charge is -2.10. The van der Waals surface area contributed by atoms with Crippen molar-refractivity contribution < 1.29 is 18.5 Å². The number of hydrogen-bond donors (Lipinski definition) is 2. The lowest BCUT2D eigenvalue weighted by atomic mass is 10.1. The van der Waals surface area contributed by atoms with Crippen molar-refractivity contribution in [2.24, 2.45) is 0 Å². The number of aromatic nitrogens is 1. The van der Waals surface area contributed by atoms with Crippen LogP contribution in [-0.2, 0) is 4.74 Å². The molecule has 0 saturated carbocycles. The Hall–Kier alpha value is -2.28. The van der Waals surface area contributed by atoms with Crippen LogP contribution in [0.1, 0.15) is 23.2 Å². The summed E-state index contributed by atoms with van der Waals surface area (Å²) in [6.07, 6.45) is 3.53. The van der Waals surface area contributed by atoms with E-state index in [-0.39, 0.29) is 23.5 Å². The average molecular weight is 277 g/mol. The highest BCUT2D eigenvalue weighted by Crippen LogP contribution is 2.27. The van der Waals surface area contributed by atoms with Crippen molar-refractivity contribution in [3.8, 4) is 11.5 Å². The molecule has 0 radical (unpaired) electrons. The summed E-state index contributed by atoms with van der Waals surface area (Å²) in [7, 11) is 0. The van der Waals surface area contributed by atoms with Gasteiger partial charge in [0.25, 0.3) is 5.91 Å². The van der Waals surface area contributed by atoms with Crippen LogP contribution in [0.3, 0.4) is 0 Å². The Morgan fingerprint density at radius 2 is 2.45 bits per heavy atom. The number of nitrogens with one attached hydrogen (secondary N) is 1. The molecule has 20 heavy (non-hydrogen) atoms. The molecule has 7 nitrogen and oxygen atoms in total. The molecule has 1 atom stereocenters. The van der Waals surface area contributed by atoms with Crippen molar-refractivity contribution in [3.05, 3.63) is 24.0 Å². The summed E-state index contributed by atoms with van der Waals surface area (Å²) in [5.74, 6) is 0.0691. The van der Waals surface area contributed by atoms with Gasteiger partial charge in [0, 0.05) is 13.2 Å². The Bertz CT molecular complexity index is 585. The molecule has 0 bridgehead atoms. The van der Waals surface area contributed by atoms with Gasteiger partial charge in [-0.25, -0.2) is 0 Å². The number of furan rings is 1. The molecule has 2 aromatic rings. The molecule has 1 saturated heterocycles. The normalized spacial score (nSPS) is 18.3. The minimum Gasteiger partial charge on any atom is -0.463 e. The zero-order valence-electron chi connectivity index (χ0n) is 10.8. The van der Waals surface area contributed by atoms with E-state index in [0.29, 0.717) is 18.0 Å². The highest BCUT2D eigenvalue weighted by atomic mass is 16.5. The third-order valence-electron chi connectivity index (χ3n) is 3.21. The van der Waals surface area contributed by atoms with Crippen LogP contribution in [0, 0.1) is 0 Å². The van der Waals surface area contributed by atoms with E-state index in [9.17, 15) is 4.79 Å². The first-order chi connectivity index (χ1) is 9.75. The lowest BCUT2D eigenvalue weighted by molar-refractivity contribution is 0.0858. The monoisotopic (exact) mass is 277 g/mol. The van der Waals surface area contributed by atoms with Gasteiger partial charge in [0.15, 0.2) is 11.5 Å². The minimum absolute atomic E-state index is 0.0266. The fourth-order valence-electron chi connectivity index (χ4n) is 2.20. The van der Waals surface area contributed by atoms with E-state index >= 15 is 0 Å². The predicted octanol–water partition coefficient (Wildman–Crippen LogP) is 1.43. The van der Waals surface area contributed by atoms with E-state index in [1.807, 2.05) is 0 Å². The van der Waals surface area contributed by atoms with Gasteiger partial charge >= 0.3 is 0 Å². The SMILES string of the molecule is Nc1onc(-c2ccco2)c1C(=O)NCC1CCCO1. The molecule has 1 aliphatic rings. The molecule has 3 heterocycles. The maximum absolute atomic E-state index is 12.2. The number of amides is 1. The van der Waals surface area contributed by atoms with E-state index < -0.39 is 0 Å². The fraction of sp³-hybridized carbons (Fsp3) is 0.385. The maximum atomic E-state index is 12.2. The topological polar surface area (TPSA) is 104 Å². The van der Waals surface area contributed by atoms with Crippen LogP contribution in [0.4, 0.5) is 5.88 Å². The first-order valence-electron chi connectivity index (χ1n) is 6.44. The molecular formula is C13H15N3O4. The van der Waals surface area contributed by atoms with E-state index in [1.165, 1.54) is 6.26 Å². The number of nitrogen functional groups attached to an aromatic ring is 1. The molecule has 1 amide bonds. The summed E-state index contributed by atoms with van der Waals surface area (Å²) in [4.78, 5) is 12.2. The number of ether oxygens (including phenoxy) is 1. The smallest absolute Gasteiger partial charge is 0.259 e. The standard InChI is InChI=1S/C13H15N3O4/c14-12-10(11(16-20-12)9-4-2-6-19-9)13(17)15-7-8-3-1-5-18-8/h2,4,6,8H,1,3,5,7,14H2,(H,15,17). The van der Waals surface area contributed by atoms with E-state index in [1.54, 1.807) is 12.1 Å². The fourth-order valence-corrected chi connectivity index (χ4v) is 2.20. The minimum atomic E-state index is -0.342. The van der Waals surface area contributed by atoms with Crippen LogP contribution in [0.5, 0.6) is 0 Å². The molecule has 0 spiro atoms. The van der Waals surface area contributed by atoms with Crippen LogP contribution in [0.15, 0.2) is 27.3 Å². The van der Waals surface area contributed by atoms with E-state index in [4.69, 9.17) is 19.4 Å². The first kappa shape index (κ1) is 12.7. The molecule has 0 aromatic carbocycles. The van der Waals surface area contributed by atoms with Gasteiger partial charge in [-0.2, -0.15) is 0 Å². The van der Waals surface area contributed by atoms with Crippen LogP contribution in [0.2, 0.25) is 0 Å². The molecule has 1 aliphatic heterocycles. The third-order valence-corrected chi connectivity index (χ3v) is 3.21. The summed E-state index contributed by atoms with van der Waals surface area (Å²) in [5, 5.41) is 6.56. The van der Waals surface area contributed by atoms with Gasteiger partial charge in [0.1, 0.15) is 5.56 Å². The number of nitrogens with two attached hydrogens (primary N) is 1. The number of carbonyl (C=O) groups excluding carboxylic acids is 1. The molecule has 3 N–H and O–H groups in total. The Morgan fingerprint density at radius 1 is 1.55 bits per heavy atom.